The van der Waals surface area contributed by atoms with Crippen LogP contribution in [0.4, 0.5) is 0 Å². The number of hydrogen-bond donors (Lipinski definition) is 0. The second-order valence-electron chi connectivity index (χ2n) is 8.07. The summed E-state index contributed by atoms with van der Waals surface area (Å²) in [6.07, 6.45) is 11.1. The van der Waals surface area contributed by atoms with Gasteiger partial charge in [0.1, 0.15) is 5.78 Å². The monoisotopic (exact) mass is 393 g/mol. The van der Waals surface area contributed by atoms with Crippen molar-refractivity contribution >= 4 is 17.5 Å². The van der Waals surface area contributed by atoms with Crippen molar-refractivity contribution in [3.05, 3.63) is 66.6 Å². The van der Waals surface area contributed by atoms with Crippen molar-refractivity contribution in [2.75, 3.05) is 0 Å². The van der Waals surface area contributed by atoms with Gasteiger partial charge in [-0.2, -0.15) is 5.26 Å². The first-order valence-electron chi connectivity index (χ1n) is 9.98. The van der Waals surface area contributed by atoms with Crippen LogP contribution in [-0.4, -0.2) is 5.78 Å². The third-order valence-electron chi connectivity index (χ3n) is 6.39. The summed E-state index contributed by atoms with van der Waals surface area (Å²) in [5.74, 6) is 0.710. The van der Waals surface area contributed by atoms with Crippen LogP contribution >= 0.6 is 11.8 Å². The molecule has 0 bridgehead atoms. The largest absolute Gasteiger partial charge is 0.300 e. The summed E-state index contributed by atoms with van der Waals surface area (Å²) in [7, 11) is 0. The minimum absolute atomic E-state index is 0.0848. The molecule has 3 heteroatoms. The summed E-state index contributed by atoms with van der Waals surface area (Å²) in [5, 5.41) is 12.2. The SMILES string of the molecule is C=C[C@@]1(C)[C@H](C)CC[C@@](C#N)(/C=C/C=C/Sc2ccccc2)[C@@H]1CCC(C)=O. The van der Waals surface area contributed by atoms with E-state index in [2.05, 4.69) is 44.7 Å². The Morgan fingerprint density at radius 3 is 2.68 bits per heavy atom. The zero-order chi connectivity index (χ0) is 20.6. The molecule has 4 atom stereocenters. The lowest BCUT2D eigenvalue weighted by Crippen LogP contribution is -2.47. The molecule has 1 aromatic carbocycles. The predicted molar refractivity (Wildman–Crippen MR) is 119 cm³/mol. The van der Waals surface area contributed by atoms with Crippen molar-refractivity contribution in [2.45, 2.75) is 51.3 Å². The molecule has 0 amide bonds. The standard InChI is InChI=1S/C25H31NOS/c1-5-24(4)20(2)15-17-25(19-26,23(24)14-13-21(3)27)16-9-10-18-28-22-11-7-6-8-12-22/h5-12,16,18,20,23H,1,13-15,17H2,2-4H3/b16-9+,18-10+/t20-,23-,24+,25-/m1/s1. The van der Waals surface area contributed by atoms with Gasteiger partial charge in [-0.1, -0.05) is 68.1 Å². The fourth-order valence-electron chi connectivity index (χ4n) is 4.36. The summed E-state index contributed by atoms with van der Waals surface area (Å²) in [6, 6.07) is 12.8. The molecule has 0 heterocycles. The van der Waals surface area contributed by atoms with Gasteiger partial charge >= 0.3 is 0 Å². The number of carbonyl (C=O) groups is 1. The number of benzene rings is 1. The lowest BCUT2D eigenvalue weighted by Gasteiger charge is -2.52. The van der Waals surface area contributed by atoms with Crippen LogP contribution in [0.3, 0.4) is 0 Å². The summed E-state index contributed by atoms with van der Waals surface area (Å²) in [6.45, 7) is 10.2. The van der Waals surface area contributed by atoms with Crippen LogP contribution in [0.1, 0.15) is 46.5 Å². The van der Waals surface area contributed by atoms with E-state index in [1.807, 2.05) is 41.8 Å². The van der Waals surface area contributed by atoms with E-state index in [-0.39, 0.29) is 17.1 Å². The number of thioether (sulfide) groups is 1. The second-order valence-corrected chi connectivity index (χ2v) is 9.05. The van der Waals surface area contributed by atoms with E-state index in [1.54, 1.807) is 18.7 Å². The average molecular weight is 394 g/mol. The maximum atomic E-state index is 11.7. The van der Waals surface area contributed by atoms with Crippen molar-refractivity contribution in [1.82, 2.24) is 0 Å². The first-order valence-corrected chi connectivity index (χ1v) is 10.9. The number of hydrogen-bond acceptors (Lipinski definition) is 3. The smallest absolute Gasteiger partial charge is 0.129 e. The van der Waals surface area contributed by atoms with Gasteiger partial charge in [-0.3, -0.25) is 0 Å². The highest BCUT2D eigenvalue weighted by Crippen LogP contribution is 2.57. The minimum atomic E-state index is -0.563. The lowest BCUT2D eigenvalue weighted by atomic mass is 9.50. The summed E-state index contributed by atoms with van der Waals surface area (Å²) in [5.41, 5.74) is -0.719. The average Bonchev–Trinajstić information content (AvgIpc) is 2.70. The second kappa shape index (κ2) is 9.94. The minimum Gasteiger partial charge on any atom is -0.300 e. The van der Waals surface area contributed by atoms with E-state index in [1.165, 1.54) is 4.90 Å². The van der Waals surface area contributed by atoms with Crippen molar-refractivity contribution in [1.29, 1.82) is 5.26 Å². The molecule has 0 N–H and O–H groups in total. The molecule has 0 saturated heterocycles. The number of allylic oxidation sites excluding steroid dienone is 4. The molecule has 28 heavy (non-hydrogen) atoms. The summed E-state index contributed by atoms with van der Waals surface area (Å²) < 4.78 is 0. The Morgan fingerprint density at radius 2 is 2.07 bits per heavy atom. The Morgan fingerprint density at radius 1 is 1.36 bits per heavy atom. The van der Waals surface area contributed by atoms with Crippen LogP contribution < -0.4 is 0 Å². The Hall–Kier alpha value is -2.05. The van der Waals surface area contributed by atoms with Gasteiger partial charge < -0.3 is 4.79 Å². The zero-order valence-electron chi connectivity index (χ0n) is 17.2. The number of carbonyl (C=O) groups excluding carboxylic acids is 1. The maximum absolute atomic E-state index is 11.7. The molecule has 1 aromatic rings. The Labute approximate surface area is 174 Å². The molecule has 2 rings (SSSR count). The van der Waals surface area contributed by atoms with Crippen molar-refractivity contribution in [3.63, 3.8) is 0 Å². The maximum Gasteiger partial charge on any atom is 0.129 e. The first-order chi connectivity index (χ1) is 13.4. The Kier molecular flexibility index (Phi) is 7.89. The van der Waals surface area contributed by atoms with Crippen LogP contribution in [-0.2, 0) is 4.79 Å². The van der Waals surface area contributed by atoms with E-state index in [0.29, 0.717) is 12.3 Å². The van der Waals surface area contributed by atoms with E-state index >= 15 is 0 Å². The van der Waals surface area contributed by atoms with Crippen molar-refractivity contribution in [2.24, 2.45) is 22.7 Å². The third kappa shape index (κ3) is 5.06. The normalized spacial score (nSPS) is 30.4. The van der Waals surface area contributed by atoms with E-state index in [0.717, 1.165) is 19.3 Å². The van der Waals surface area contributed by atoms with Crippen LogP contribution in [0.25, 0.3) is 0 Å². The molecule has 0 radical (unpaired) electrons. The Balaban J connectivity index is 2.23. The Bertz CT molecular complexity index is 775. The molecule has 1 aliphatic carbocycles. The molecule has 0 aliphatic heterocycles. The van der Waals surface area contributed by atoms with Crippen LogP contribution in [0.15, 0.2) is 71.5 Å². The zero-order valence-corrected chi connectivity index (χ0v) is 18.0. The van der Waals surface area contributed by atoms with Crippen LogP contribution in [0.2, 0.25) is 0 Å². The van der Waals surface area contributed by atoms with Gasteiger partial charge in [0.15, 0.2) is 0 Å². The van der Waals surface area contributed by atoms with Gasteiger partial charge in [-0.05, 0) is 61.0 Å². The van der Waals surface area contributed by atoms with Crippen molar-refractivity contribution < 1.29 is 4.79 Å². The number of rotatable bonds is 8. The molecule has 0 aromatic heterocycles. The van der Waals surface area contributed by atoms with Gasteiger partial charge in [-0.15, -0.1) is 6.58 Å². The molecule has 0 spiro atoms. The molecule has 0 unspecified atom stereocenters. The number of Topliss-reactive ketones (excluding diaryl/α,β-unsaturated/α-hetero) is 1. The summed E-state index contributed by atoms with van der Waals surface area (Å²) >= 11 is 1.66. The van der Waals surface area contributed by atoms with Gasteiger partial charge in [0.25, 0.3) is 0 Å². The molecular weight excluding hydrogens is 362 g/mol. The fraction of sp³-hybridized carbons (Fsp3) is 0.440. The third-order valence-corrected chi connectivity index (χ3v) is 7.23. The fourth-order valence-corrected chi connectivity index (χ4v) is 5.00. The van der Waals surface area contributed by atoms with Gasteiger partial charge in [0.05, 0.1) is 11.5 Å². The molecule has 1 aliphatic rings. The van der Waals surface area contributed by atoms with Crippen LogP contribution in [0.5, 0.6) is 0 Å². The molecule has 1 fully saturated rings. The van der Waals surface area contributed by atoms with Gasteiger partial charge in [-0.25, -0.2) is 0 Å². The first kappa shape index (κ1) is 22.2. The van der Waals surface area contributed by atoms with Crippen LogP contribution in [0, 0.1) is 34.0 Å². The van der Waals surface area contributed by atoms with Gasteiger partial charge in [0, 0.05) is 11.3 Å². The van der Waals surface area contributed by atoms with E-state index in [4.69, 9.17) is 0 Å². The van der Waals surface area contributed by atoms with E-state index in [9.17, 15) is 10.1 Å². The molecule has 148 valence electrons. The quantitative estimate of drug-likeness (QED) is 0.272. The van der Waals surface area contributed by atoms with Gasteiger partial charge in [0.2, 0.25) is 0 Å². The number of ketones is 1. The van der Waals surface area contributed by atoms with Crippen molar-refractivity contribution in [3.8, 4) is 6.07 Å². The molecule has 1 saturated carbocycles. The number of nitrogens with zero attached hydrogens (tertiary/aromatic N) is 1. The predicted octanol–water partition coefficient (Wildman–Crippen LogP) is 6.97. The highest BCUT2D eigenvalue weighted by molar-refractivity contribution is 8.02. The summed E-state index contributed by atoms with van der Waals surface area (Å²) in [4.78, 5) is 12.8. The van der Waals surface area contributed by atoms with E-state index < -0.39 is 5.41 Å². The molecule has 2 nitrogen and oxygen atoms in total. The lowest BCUT2D eigenvalue weighted by molar-refractivity contribution is -0.117. The highest BCUT2D eigenvalue weighted by Gasteiger charge is 2.52. The molecular formula is C25H31NOS. The number of nitriles is 1. The highest BCUT2D eigenvalue weighted by atomic mass is 32.2. The topological polar surface area (TPSA) is 40.9 Å².